The predicted octanol–water partition coefficient (Wildman–Crippen LogP) is 0.840. The van der Waals surface area contributed by atoms with E-state index in [0.717, 1.165) is 20.7 Å². The van der Waals surface area contributed by atoms with Crippen LogP contribution in [0.2, 0.25) is 0 Å². The van der Waals surface area contributed by atoms with E-state index in [-0.39, 0.29) is 6.61 Å². The van der Waals surface area contributed by atoms with Crippen LogP contribution >= 0.6 is 8.04 Å². The Labute approximate surface area is 57.7 Å². The number of aliphatic hydroxyl groups excluding tert-OH is 1. The minimum atomic E-state index is 0.246. The fraction of sp³-hybridized carbons (Fsp3) is 0.833. The Morgan fingerprint density at radius 2 is 2.44 bits per heavy atom. The Bertz CT molecular complexity index is 99.7. The third-order valence-electron chi connectivity index (χ3n) is 1.09. The van der Waals surface area contributed by atoms with Crippen LogP contribution in [0, 0.1) is 6.13 Å². The minimum absolute atomic E-state index is 0.246. The van der Waals surface area contributed by atoms with Gasteiger partial charge in [-0.15, -0.1) is 0 Å². The number of nitrogens with one attached hydrogen (secondary N) is 1. The number of rotatable bonds is 4. The molecule has 0 aromatic rings. The van der Waals surface area contributed by atoms with E-state index in [4.69, 9.17) is 11.2 Å². The molecule has 1 atom stereocenters. The molecule has 0 fully saturated rings. The van der Waals surface area contributed by atoms with Crippen molar-refractivity contribution in [2.75, 3.05) is 12.9 Å². The van der Waals surface area contributed by atoms with Gasteiger partial charge in [-0.25, -0.2) is 0 Å². The molecule has 0 aliphatic heterocycles. The molecular formula is C6H13NOP+. The summed E-state index contributed by atoms with van der Waals surface area (Å²) in [6, 6.07) is 0.381. The molecule has 0 heterocycles. The second-order valence-corrected chi connectivity index (χ2v) is 2.64. The summed E-state index contributed by atoms with van der Waals surface area (Å²) in [5, 5.41) is 11.6. The van der Waals surface area contributed by atoms with Crippen LogP contribution in [0.4, 0.5) is 0 Å². The molecule has 2 nitrogen and oxygen atoms in total. The van der Waals surface area contributed by atoms with E-state index < -0.39 is 0 Å². The van der Waals surface area contributed by atoms with Gasteiger partial charge in [0.1, 0.15) is 0 Å². The molecule has 0 aliphatic rings. The van der Waals surface area contributed by atoms with Gasteiger partial charge >= 0.3 is 56.9 Å². The van der Waals surface area contributed by atoms with E-state index in [9.17, 15) is 0 Å². The van der Waals surface area contributed by atoms with Crippen LogP contribution in [0.25, 0.3) is 0 Å². The summed E-state index contributed by atoms with van der Waals surface area (Å²) in [5.74, 6) is 0. The molecule has 2 N–H and O–H groups in total. The van der Waals surface area contributed by atoms with Crippen molar-refractivity contribution in [1.82, 2.24) is 5.32 Å². The van der Waals surface area contributed by atoms with Gasteiger partial charge in [-0.05, 0) is 0 Å². The molecule has 52 valence electrons. The van der Waals surface area contributed by atoms with Crippen molar-refractivity contribution in [3.05, 3.63) is 0 Å². The summed E-state index contributed by atoms with van der Waals surface area (Å²) in [7, 11) is 0.863. The molecule has 0 bridgehead atoms. The van der Waals surface area contributed by atoms with E-state index in [0.29, 0.717) is 6.04 Å². The molecule has 1 unspecified atom stereocenters. The molecule has 0 spiro atoms. The average molecular weight is 146 g/mol. The van der Waals surface area contributed by atoms with Crippen molar-refractivity contribution < 1.29 is 5.11 Å². The normalized spacial score (nSPS) is 13.0. The van der Waals surface area contributed by atoms with Crippen molar-refractivity contribution in [2.24, 2.45) is 0 Å². The van der Waals surface area contributed by atoms with Gasteiger partial charge in [0.05, 0.1) is 0 Å². The van der Waals surface area contributed by atoms with Crippen LogP contribution in [0.1, 0.15) is 13.3 Å². The van der Waals surface area contributed by atoms with Gasteiger partial charge in [0.15, 0.2) is 0 Å². The fourth-order valence-electron chi connectivity index (χ4n) is 0.504. The maximum atomic E-state index is 8.46. The molecule has 0 radical (unpaired) electrons. The van der Waals surface area contributed by atoms with Gasteiger partial charge in [0.2, 0.25) is 0 Å². The first-order chi connectivity index (χ1) is 4.31. The first kappa shape index (κ1) is 9.13. The van der Waals surface area contributed by atoms with Gasteiger partial charge in [0, 0.05) is 0 Å². The Morgan fingerprint density at radius 3 is 2.89 bits per heavy atom. The van der Waals surface area contributed by atoms with E-state index in [2.05, 4.69) is 5.32 Å². The Kier molecular flexibility index (Phi) is 6.34. The van der Waals surface area contributed by atoms with Crippen LogP contribution in [0.3, 0.4) is 0 Å². The van der Waals surface area contributed by atoms with Gasteiger partial charge in [0.25, 0.3) is 0 Å². The molecular weight excluding hydrogens is 133 g/mol. The summed E-state index contributed by atoms with van der Waals surface area (Å²) >= 11 is 0. The molecule has 0 aliphatic carbocycles. The van der Waals surface area contributed by atoms with E-state index in [1.807, 2.05) is 6.92 Å². The third-order valence-corrected chi connectivity index (χ3v) is 1.46. The molecule has 9 heavy (non-hydrogen) atoms. The average Bonchev–Trinajstić information content (AvgIpc) is 1.85. The van der Waals surface area contributed by atoms with Crippen LogP contribution < -0.4 is 5.32 Å². The molecule has 0 saturated heterocycles. The summed E-state index contributed by atoms with van der Waals surface area (Å²) in [6.45, 7) is 2.27. The zero-order valence-corrected chi connectivity index (χ0v) is 6.56. The first-order valence-electron chi connectivity index (χ1n) is 3.02. The zero-order chi connectivity index (χ0) is 7.11. The summed E-state index contributed by atoms with van der Waals surface area (Å²) < 4.78 is 0. The van der Waals surface area contributed by atoms with E-state index in [1.54, 1.807) is 0 Å². The van der Waals surface area contributed by atoms with Crippen LogP contribution in [-0.4, -0.2) is 24.0 Å². The van der Waals surface area contributed by atoms with Gasteiger partial charge < -0.3 is 0 Å². The number of aliphatic hydroxyl groups is 1. The first-order valence-corrected chi connectivity index (χ1v) is 4.17. The van der Waals surface area contributed by atoms with Crippen molar-refractivity contribution >= 4 is 8.04 Å². The number of hydrogen-bond acceptors (Lipinski definition) is 2. The fourth-order valence-corrected chi connectivity index (χ4v) is 0.921. The van der Waals surface area contributed by atoms with E-state index >= 15 is 0 Å². The van der Waals surface area contributed by atoms with E-state index in [1.165, 1.54) is 0 Å². The van der Waals surface area contributed by atoms with Crippen molar-refractivity contribution in [3.63, 3.8) is 0 Å². The Hall–Kier alpha value is 0.130. The SMILES string of the molecule is C#[P+]CNC(C)CCO. The van der Waals surface area contributed by atoms with Crippen LogP contribution in [0.5, 0.6) is 0 Å². The standard InChI is InChI=1S/C6H13NOP/c1-6(3-4-8)7-5-9-2/h2,6-8H,3-5H2,1H3/q+1. The Morgan fingerprint density at radius 1 is 1.78 bits per heavy atom. The molecule has 3 heteroatoms. The Balaban J connectivity index is 3.07. The maximum absolute atomic E-state index is 8.46. The van der Waals surface area contributed by atoms with Gasteiger partial charge in [-0.3, -0.25) is 0 Å². The number of hydrogen-bond donors (Lipinski definition) is 2. The van der Waals surface area contributed by atoms with Gasteiger partial charge in [-0.2, -0.15) is 0 Å². The summed E-state index contributed by atoms with van der Waals surface area (Å²) in [5.41, 5.74) is 0. The van der Waals surface area contributed by atoms with Gasteiger partial charge in [-0.1, -0.05) is 0 Å². The van der Waals surface area contributed by atoms with Crippen molar-refractivity contribution in [3.8, 4) is 6.13 Å². The van der Waals surface area contributed by atoms with Crippen LogP contribution in [0.15, 0.2) is 0 Å². The van der Waals surface area contributed by atoms with Crippen molar-refractivity contribution in [1.29, 1.82) is 0 Å². The monoisotopic (exact) mass is 146 g/mol. The predicted molar refractivity (Wildman–Crippen MR) is 41.0 cm³/mol. The molecule has 0 amide bonds. The molecule has 0 aromatic heterocycles. The quantitative estimate of drug-likeness (QED) is 0.576. The van der Waals surface area contributed by atoms with Crippen LogP contribution in [-0.2, 0) is 0 Å². The molecule has 0 saturated carbocycles. The van der Waals surface area contributed by atoms with Crippen molar-refractivity contribution in [2.45, 2.75) is 19.4 Å². The second kappa shape index (κ2) is 6.25. The summed E-state index contributed by atoms with van der Waals surface area (Å²) in [4.78, 5) is 0. The third kappa shape index (κ3) is 6.01. The topological polar surface area (TPSA) is 32.3 Å². The second-order valence-electron chi connectivity index (χ2n) is 1.96. The molecule has 0 rings (SSSR count). The molecule has 0 aromatic carbocycles. The summed E-state index contributed by atoms with van der Waals surface area (Å²) in [6.07, 6.45) is 6.83. The zero-order valence-electron chi connectivity index (χ0n) is 5.67.